The Kier molecular flexibility index (Phi) is 4.32. The number of nitrogens with zero attached hydrogens (tertiary/aromatic N) is 1. The maximum Gasteiger partial charge on any atom is 0.244 e. The third-order valence-corrected chi connectivity index (χ3v) is 4.59. The van der Waals surface area contributed by atoms with Crippen molar-refractivity contribution >= 4 is 23.4 Å². The van der Waals surface area contributed by atoms with Gasteiger partial charge in [-0.15, -0.1) is 0 Å². The van der Waals surface area contributed by atoms with Crippen LogP contribution in [0.3, 0.4) is 0 Å². The number of hydrogen-bond donors (Lipinski definition) is 1. The Morgan fingerprint density at radius 1 is 1.22 bits per heavy atom. The molecule has 1 aliphatic heterocycles. The number of rotatable bonds is 4. The summed E-state index contributed by atoms with van der Waals surface area (Å²) in [7, 11) is 1.55. The molecule has 2 aliphatic rings. The van der Waals surface area contributed by atoms with Crippen molar-refractivity contribution in [2.45, 2.75) is 25.7 Å². The zero-order valence-corrected chi connectivity index (χ0v) is 13.1. The molecule has 3 amide bonds. The molecule has 6 heteroatoms. The molecule has 1 aromatic rings. The smallest absolute Gasteiger partial charge is 0.244 e. The summed E-state index contributed by atoms with van der Waals surface area (Å²) in [5.74, 6) is -0.580. The molecule has 1 N–H and O–H groups in total. The average Bonchev–Trinajstić information content (AvgIpc) is 2.80. The Morgan fingerprint density at radius 3 is 2.48 bits per heavy atom. The molecule has 1 heterocycles. The maximum atomic E-state index is 12.3. The van der Waals surface area contributed by atoms with E-state index in [-0.39, 0.29) is 36.1 Å². The van der Waals surface area contributed by atoms with Gasteiger partial charge in [-0.2, -0.15) is 0 Å². The van der Waals surface area contributed by atoms with Crippen LogP contribution in [0.4, 0.5) is 5.69 Å². The highest BCUT2D eigenvalue weighted by atomic mass is 16.5. The molecule has 3 rings (SSSR count). The summed E-state index contributed by atoms with van der Waals surface area (Å²) in [6.45, 7) is -0.220. The lowest BCUT2D eigenvalue weighted by Crippen LogP contribution is -2.38. The van der Waals surface area contributed by atoms with Crippen LogP contribution in [-0.2, 0) is 14.4 Å². The summed E-state index contributed by atoms with van der Waals surface area (Å²) in [5.41, 5.74) is 0.575. The van der Waals surface area contributed by atoms with Gasteiger partial charge in [-0.05, 0) is 25.0 Å². The van der Waals surface area contributed by atoms with Gasteiger partial charge in [-0.25, -0.2) is 0 Å². The highest BCUT2D eigenvalue weighted by Gasteiger charge is 2.48. The molecule has 122 valence electrons. The van der Waals surface area contributed by atoms with E-state index in [9.17, 15) is 14.4 Å². The number of likely N-dealkylation sites (tertiary alicyclic amines) is 1. The van der Waals surface area contributed by atoms with Crippen LogP contribution in [0.2, 0.25) is 0 Å². The van der Waals surface area contributed by atoms with E-state index in [1.807, 2.05) is 0 Å². The van der Waals surface area contributed by atoms with Gasteiger partial charge in [-0.1, -0.05) is 18.9 Å². The Balaban J connectivity index is 1.65. The van der Waals surface area contributed by atoms with Gasteiger partial charge < -0.3 is 10.1 Å². The second kappa shape index (κ2) is 6.40. The number of amides is 3. The lowest BCUT2D eigenvalue weighted by Gasteiger charge is -2.19. The molecule has 1 saturated carbocycles. The lowest BCUT2D eigenvalue weighted by atomic mass is 9.81. The van der Waals surface area contributed by atoms with Crippen molar-refractivity contribution in [3.8, 4) is 5.75 Å². The number of nitrogens with one attached hydrogen (secondary N) is 1. The predicted octanol–water partition coefficient (Wildman–Crippen LogP) is 1.81. The number of carbonyl (C=O) groups excluding carboxylic acids is 3. The van der Waals surface area contributed by atoms with Gasteiger partial charge in [0.25, 0.3) is 0 Å². The zero-order chi connectivity index (χ0) is 16.4. The first-order valence-corrected chi connectivity index (χ1v) is 7.89. The Labute approximate surface area is 134 Å². The van der Waals surface area contributed by atoms with Gasteiger partial charge in [0.2, 0.25) is 17.7 Å². The minimum atomic E-state index is -0.376. The highest BCUT2D eigenvalue weighted by Crippen LogP contribution is 2.37. The number of ether oxygens (including phenoxy) is 1. The minimum Gasteiger partial charge on any atom is -0.497 e. The summed E-state index contributed by atoms with van der Waals surface area (Å²) in [5, 5.41) is 2.70. The van der Waals surface area contributed by atoms with Crippen LogP contribution < -0.4 is 10.1 Å². The number of imide groups is 1. The van der Waals surface area contributed by atoms with Crippen LogP contribution in [0.1, 0.15) is 25.7 Å². The molecule has 0 aromatic heterocycles. The maximum absolute atomic E-state index is 12.3. The molecule has 1 aromatic carbocycles. The van der Waals surface area contributed by atoms with Crippen LogP contribution in [0.15, 0.2) is 24.3 Å². The fraction of sp³-hybridized carbons (Fsp3) is 0.471. The molecule has 2 atom stereocenters. The van der Waals surface area contributed by atoms with Crippen molar-refractivity contribution in [3.05, 3.63) is 24.3 Å². The summed E-state index contributed by atoms with van der Waals surface area (Å²) < 4.78 is 5.10. The number of hydrogen-bond acceptors (Lipinski definition) is 4. The van der Waals surface area contributed by atoms with E-state index in [0.717, 1.165) is 30.6 Å². The van der Waals surface area contributed by atoms with Crippen LogP contribution >= 0.6 is 0 Å². The number of benzene rings is 1. The van der Waals surface area contributed by atoms with Crippen molar-refractivity contribution in [1.29, 1.82) is 0 Å². The normalized spacial score (nSPS) is 23.6. The summed E-state index contributed by atoms with van der Waals surface area (Å²) in [6.07, 6.45) is 3.46. The third-order valence-electron chi connectivity index (χ3n) is 4.59. The first-order valence-electron chi connectivity index (χ1n) is 7.89. The topological polar surface area (TPSA) is 75.7 Å². The molecule has 2 fully saturated rings. The van der Waals surface area contributed by atoms with Crippen LogP contribution in [0, 0.1) is 11.8 Å². The number of fused-ring (bicyclic) bond motifs is 1. The second-order valence-electron chi connectivity index (χ2n) is 6.04. The van der Waals surface area contributed by atoms with Gasteiger partial charge in [0.05, 0.1) is 18.9 Å². The SMILES string of the molecule is COc1cccc(NC(=O)CN2C(=O)C3CCCCC3C2=O)c1. The van der Waals surface area contributed by atoms with Crippen molar-refractivity contribution in [2.75, 3.05) is 19.0 Å². The van der Waals surface area contributed by atoms with E-state index < -0.39 is 0 Å². The fourth-order valence-corrected chi connectivity index (χ4v) is 3.43. The van der Waals surface area contributed by atoms with Crippen LogP contribution in [-0.4, -0.2) is 36.3 Å². The first kappa shape index (κ1) is 15.5. The molecule has 0 bridgehead atoms. The highest BCUT2D eigenvalue weighted by molar-refractivity contribution is 6.08. The van der Waals surface area contributed by atoms with E-state index >= 15 is 0 Å². The van der Waals surface area contributed by atoms with E-state index in [0.29, 0.717) is 11.4 Å². The molecule has 0 radical (unpaired) electrons. The molecular formula is C17H20N2O4. The number of carbonyl (C=O) groups is 3. The van der Waals surface area contributed by atoms with Crippen molar-refractivity contribution in [3.63, 3.8) is 0 Å². The molecule has 23 heavy (non-hydrogen) atoms. The molecule has 1 aliphatic carbocycles. The molecular weight excluding hydrogens is 296 g/mol. The van der Waals surface area contributed by atoms with Crippen molar-refractivity contribution in [2.24, 2.45) is 11.8 Å². The van der Waals surface area contributed by atoms with Gasteiger partial charge in [0, 0.05) is 11.8 Å². The van der Waals surface area contributed by atoms with Crippen molar-refractivity contribution in [1.82, 2.24) is 4.90 Å². The monoisotopic (exact) mass is 316 g/mol. The van der Waals surface area contributed by atoms with E-state index in [2.05, 4.69) is 5.32 Å². The Bertz CT molecular complexity index is 619. The van der Waals surface area contributed by atoms with E-state index in [1.54, 1.807) is 31.4 Å². The zero-order valence-electron chi connectivity index (χ0n) is 13.1. The van der Waals surface area contributed by atoms with Crippen molar-refractivity contribution < 1.29 is 19.1 Å². The van der Waals surface area contributed by atoms with Gasteiger partial charge in [0.1, 0.15) is 12.3 Å². The fourth-order valence-electron chi connectivity index (χ4n) is 3.43. The minimum absolute atomic E-state index is 0.194. The summed E-state index contributed by atoms with van der Waals surface area (Å²) in [6, 6.07) is 6.95. The molecule has 2 unspecified atom stereocenters. The average molecular weight is 316 g/mol. The first-order chi connectivity index (χ1) is 11.1. The van der Waals surface area contributed by atoms with Crippen LogP contribution in [0.25, 0.3) is 0 Å². The lowest BCUT2D eigenvalue weighted by molar-refractivity contribution is -0.142. The van der Waals surface area contributed by atoms with E-state index in [1.165, 1.54) is 0 Å². The predicted molar refractivity (Wildman–Crippen MR) is 83.8 cm³/mol. The van der Waals surface area contributed by atoms with Gasteiger partial charge in [-0.3, -0.25) is 19.3 Å². The van der Waals surface area contributed by atoms with E-state index in [4.69, 9.17) is 4.74 Å². The molecule has 1 saturated heterocycles. The number of anilines is 1. The quantitative estimate of drug-likeness (QED) is 0.860. The second-order valence-corrected chi connectivity index (χ2v) is 6.04. The Hall–Kier alpha value is -2.37. The molecule has 6 nitrogen and oxygen atoms in total. The summed E-state index contributed by atoms with van der Waals surface area (Å²) in [4.78, 5) is 38.0. The van der Waals surface area contributed by atoms with Gasteiger partial charge >= 0.3 is 0 Å². The number of methoxy groups -OCH3 is 1. The largest absolute Gasteiger partial charge is 0.497 e. The summed E-state index contributed by atoms with van der Waals surface area (Å²) >= 11 is 0. The Morgan fingerprint density at radius 2 is 1.87 bits per heavy atom. The van der Waals surface area contributed by atoms with Gasteiger partial charge in [0.15, 0.2) is 0 Å². The third kappa shape index (κ3) is 3.06. The molecule has 0 spiro atoms. The van der Waals surface area contributed by atoms with Crippen LogP contribution in [0.5, 0.6) is 5.75 Å². The standard InChI is InChI=1S/C17H20N2O4/c1-23-12-6-4-5-11(9-12)18-15(20)10-19-16(21)13-7-2-3-8-14(13)17(19)22/h4-6,9,13-14H,2-3,7-8,10H2,1H3,(H,18,20).